The average Bonchev–Trinajstić information content (AvgIpc) is 1.83. The van der Waals surface area contributed by atoms with Crippen molar-refractivity contribution in [3.05, 3.63) is 12.7 Å². The monoisotopic (exact) mass is 122 g/mol. The van der Waals surface area contributed by atoms with Gasteiger partial charge in [0.05, 0.1) is 15.7 Å². The van der Waals surface area contributed by atoms with E-state index in [9.17, 15) is 4.79 Å². The van der Waals surface area contributed by atoms with E-state index in [1.54, 1.807) is 0 Å². The van der Waals surface area contributed by atoms with Gasteiger partial charge in [-0.2, -0.15) is 0 Å². The molecule has 9 heavy (non-hydrogen) atoms. The Morgan fingerprint density at radius 1 is 1.78 bits per heavy atom. The standard InChI is InChI=1S/C4H9B3O2/c1-2-3(8)9-7-4(5)6/h2,4,7H,1,5-6H2. The van der Waals surface area contributed by atoms with Gasteiger partial charge in [0.1, 0.15) is 0 Å². The predicted molar refractivity (Wildman–Crippen MR) is 44.3 cm³/mol. The average molecular weight is 122 g/mol. The molecule has 0 N–H and O–H groups in total. The molecule has 0 spiro atoms. The van der Waals surface area contributed by atoms with Crippen molar-refractivity contribution in [1.29, 1.82) is 0 Å². The van der Waals surface area contributed by atoms with E-state index in [-0.39, 0.29) is 5.97 Å². The fourth-order valence-electron chi connectivity index (χ4n) is 0.308. The lowest BCUT2D eigenvalue weighted by Crippen LogP contribution is -2.11. The van der Waals surface area contributed by atoms with Crippen LogP contribution < -0.4 is 0 Å². The van der Waals surface area contributed by atoms with Crippen molar-refractivity contribution in [2.24, 2.45) is 0 Å². The second-order valence-corrected chi connectivity index (χ2v) is 2.23. The third-order valence-corrected chi connectivity index (χ3v) is 0.726. The van der Waals surface area contributed by atoms with Crippen LogP contribution >= 0.6 is 0 Å². The van der Waals surface area contributed by atoms with Gasteiger partial charge in [0, 0.05) is 6.08 Å². The summed E-state index contributed by atoms with van der Waals surface area (Å²) in [5.74, 6) is -0.344. The Kier molecular flexibility index (Phi) is 4.02. The first kappa shape index (κ1) is 8.40. The molecule has 0 aromatic rings. The molecule has 0 amide bonds. The summed E-state index contributed by atoms with van der Waals surface area (Å²) in [7, 11) is 4.44. The lowest BCUT2D eigenvalue weighted by molar-refractivity contribution is -0.128. The highest BCUT2D eigenvalue weighted by atomic mass is 16.5. The quantitative estimate of drug-likeness (QED) is 0.320. The van der Waals surface area contributed by atoms with Gasteiger partial charge in [0.25, 0.3) is 0 Å². The van der Waals surface area contributed by atoms with Crippen molar-refractivity contribution in [3.8, 4) is 0 Å². The van der Waals surface area contributed by atoms with Gasteiger partial charge >= 0.3 is 13.5 Å². The molecule has 2 nitrogen and oxygen atoms in total. The molecular weight excluding hydrogens is 112 g/mol. The van der Waals surface area contributed by atoms with Crippen LogP contribution in [0.1, 0.15) is 0 Å². The molecule has 0 unspecified atom stereocenters. The van der Waals surface area contributed by atoms with Gasteiger partial charge < -0.3 is 4.65 Å². The van der Waals surface area contributed by atoms with Crippen molar-refractivity contribution in [2.45, 2.75) is 5.62 Å². The molecule has 0 heterocycles. The zero-order chi connectivity index (χ0) is 7.28. The van der Waals surface area contributed by atoms with Crippen LogP contribution in [0.25, 0.3) is 0 Å². The zero-order valence-corrected chi connectivity index (χ0v) is 5.89. The molecule has 0 aliphatic rings. The largest absolute Gasteiger partial charge is 0.538 e. The third-order valence-electron chi connectivity index (χ3n) is 0.726. The van der Waals surface area contributed by atoms with Crippen molar-refractivity contribution in [3.63, 3.8) is 0 Å². The molecule has 0 aliphatic heterocycles. The number of hydrogen-bond acceptors (Lipinski definition) is 2. The SMILES string of the molecule is BC(B)BOC(=O)C=C. The Labute approximate surface area is 57.7 Å². The van der Waals surface area contributed by atoms with Crippen LogP contribution in [0.4, 0.5) is 0 Å². The molecule has 0 bridgehead atoms. The molecule has 0 atom stereocenters. The lowest BCUT2D eigenvalue weighted by Gasteiger charge is -2.00. The smallest absolute Gasteiger partial charge is 0.331 e. The molecule has 0 radical (unpaired) electrons. The summed E-state index contributed by atoms with van der Waals surface area (Å²) < 4.78 is 4.70. The van der Waals surface area contributed by atoms with E-state index in [2.05, 4.69) is 6.58 Å². The van der Waals surface area contributed by atoms with E-state index < -0.39 is 0 Å². The first-order valence-electron chi connectivity index (χ1n) is 2.96. The van der Waals surface area contributed by atoms with Gasteiger partial charge in [-0.15, -0.1) is 0 Å². The fourth-order valence-corrected chi connectivity index (χ4v) is 0.308. The fraction of sp³-hybridized carbons (Fsp3) is 0.250. The zero-order valence-electron chi connectivity index (χ0n) is 5.89. The molecule has 0 rings (SSSR count). The van der Waals surface area contributed by atoms with Crippen molar-refractivity contribution in [2.75, 3.05) is 0 Å². The molecule has 0 saturated heterocycles. The highest BCUT2D eigenvalue weighted by Gasteiger charge is 2.01. The Balaban J connectivity index is 3.27. The van der Waals surface area contributed by atoms with Gasteiger partial charge in [-0.05, 0) is 0 Å². The normalized spacial score (nSPS) is 8.56. The van der Waals surface area contributed by atoms with Crippen LogP contribution in [0.2, 0.25) is 5.62 Å². The Morgan fingerprint density at radius 3 is 2.67 bits per heavy atom. The Morgan fingerprint density at radius 2 is 2.33 bits per heavy atom. The van der Waals surface area contributed by atoms with E-state index in [0.29, 0.717) is 13.1 Å². The van der Waals surface area contributed by atoms with Gasteiger partial charge in [-0.3, -0.25) is 0 Å². The van der Waals surface area contributed by atoms with Gasteiger partial charge in [0.2, 0.25) is 0 Å². The Bertz CT molecular complexity index is 112. The van der Waals surface area contributed by atoms with Crippen LogP contribution in [-0.4, -0.2) is 29.1 Å². The molecule has 0 fully saturated rings. The second-order valence-electron chi connectivity index (χ2n) is 2.23. The van der Waals surface area contributed by atoms with Crippen LogP contribution in [-0.2, 0) is 9.45 Å². The molecule has 5 heteroatoms. The summed E-state index contributed by atoms with van der Waals surface area (Å²) >= 11 is 0. The predicted octanol–water partition coefficient (Wildman–Crippen LogP) is -1.96. The van der Waals surface area contributed by atoms with E-state index in [1.807, 2.05) is 15.7 Å². The van der Waals surface area contributed by atoms with Crippen molar-refractivity contribution < 1.29 is 9.45 Å². The minimum absolute atomic E-state index is 0.344. The minimum atomic E-state index is -0.344. The molecular formula is C4H9B3O2. The molecule has 0 aromatic heterocycles. The first-order valence-corrected chi connectivity index (χ1v) is 2.96. The van der Waals surface area contributed by atoms with Gasteiger partial charge in [-0.25, -0.2) is 4.79 Å². The minimum Gasteiger partial charge on any atom is -0.538 e. The molecule has 46 valence electrons. The second kappa shape index (κ2) is 4.30. The number of rotatable bonds is 3. The summed E-state index contributed by atoms with van der Waals surface area (Å²) in [6.07, 6.45) is 1.17. The van der Waals surface area contributed by atoms with E-state index in [1.165, 1.54) is 6.08 Å². The number of hydrogen-bond donors (Lipinski definition) is 0. The van der Waals surface area contributed by atoms with Crippen molar-refractivity contribution in [1.82, 2.24) is 0 Å². The third kappa shape index (κ3) is 5.27. The Hall–Kier alpha value is -0.595. The maximum atomic E-state index is 10.4. The van der Waals surface area contributed by atoms with Gasteiger partial charge in [0.15, 0.2) is 0 Å². The summed E-state index contributed by atoms with van der Waals surface area (Å²) in [6, 6.07) is 0. The number of carbonyl (C=O) groups excluding carboxylic acids is 1. The van der Waals surface area contributed by atoms with E-state index >= 15 is 0 Å². The lowest BCUT2D eigenvalue weighted by atomic mass is 9.54. The van der Waals surface area contributed by atoms with Crippen LogP contribution in [0, 0.1) is 0 Å². The maximum Gasteiger partial charge on any atom is 0.331 e. The molecule has 0 aromatic carbocycles. The topological polar surface area (TPSA) is 26.3 Å². The summed E-state index contributed by atoms with van der Waals surface area (Å²) in [4.78, 5) is 10.4. The van der Waals surface area contributed by atoms with E-state index in [4.69, 9.17) is 4.65 Å². The number of carbonyl (C=O) groups is 1. The first-order chi connectivity index (χ1) is 4.16. The van der Waals surface area contributed by atoms with Crippen LogP contribution in [0.5, 0.6) is 0 Å². The highest BCUT2D eigenvalue weighted by Crippen LogP contribution is 1.87. The van der Waals surface area contributed by atoms with Crippen molar-refractivity contribution >= 4 is 29.1 Å². The summed E-state index contributed by atoms with van der Waals surface area (Å²) in [5.41, 5.74) is 0.397. The highest BCUT2D eigenvalue weighted by molar-refractivity contribution is 6.61. The maximum absolute atomic E-state index is 10.4. The van der Waals surface area contributed by atoms with E-state index in [0.717, 1.165) is 0 Å². The van der Waals surface area contributed by atoms with Gasteiger partial charge in [-0.1, -0.05) is 12.2 Å². The molecule has 0 saturated carbocycles. The van der Waals surface area contributed by atoms with Crippen LogP contribution in [0.3, 0.4) is 0 Å². The summed E-state index contributed by atoms with van der Waals surface area (Å²) in [6.45, 7) is 3.26. The molecule has 0 aliphatic carbocycles. The van der Waals surface area contributed by atoms with Crippen LogP contribution in [0.15, 0.2) is 12.7 Å². The summed E-state index contributed by atoms with van der Waals surface area (Å²) in [5, 5.41) is 0.